The van der Waals surface area contributed by atoms with Gasteiger partial charge in [-0.3, -0.25) is 0 Å². The van der Waals surface area contributed by atoms with Crippen molar-refractivity contribution in [3.63, 3.8) is 0 Å². The summed E-state index contributed by atoms with van der Waals surface area (Å²) in [6.45, 7) is 4.42. The second-order valence-electron chi connectivity index (χ2n) is 3.03. The van der Waals surface area contributed by atoms with E-state index in [0.29, 0.717) is 0 Å². The third-order valence-corrected chi connectivity index (χ3v) is 2.06. The number of aryl methyl sites for hydroxylation is 2. The number of rotatable bonds is 3. The topological polar surface area (TPSA) is 0 Å². The first-order valence-corrected chi connectivity index (χ1v) is 4.39. The molecule has 0 heteroatoms. The predicted molar refractivity (Wildman–Crippen MR) is 49.8 cm³/mol. The standard InChI is InChI=1S/C11H16/c1-3-4-8-11-9-6-5-7-10(11)2/h5-7,9H,3-4,8H2,1-2H3. The third kappa shape index (κ3) is 2.38. The molecule has 0 saturated carbocycles. The molecule has 0 fully saturated rings. The molecule has 0 aliphatic carbocycles. The van der Waals surface area contributed by atoms with E-state index in [9.17, 15) is 0 Å². The monoisotopic (exact) mass is 148 g/mol. The Bertz CT molecular complexity index is 213. The van der Waals surface area contributed by atoms with Crippen LogP contribution >= 0.6 is 0 Å². The van der Waals surface area contributed by atoms with Gasteiger partial charge < -0.3 is 0 Å². The van der Waals surface area contributed by atoms with Crippen molar-refractivity contribution < 1.29 is 0 Å². The van der Waals surface area contributed by atoms with E-state index in [4.69, 9.17) is 0 Å². The molecular formula is C11H16. The molecule has 0 aliphatic rings. The van der Waals surface area contributed by atoms with Gasteiger partial charge in [0.25, 0.3) is 0 Å². The number of benzene rings is 1. The van der Waals surface area contributed by atoms with Gasteiger partial charge in [-0.25, -0.2) is 0 Å². The Balaban J connectivity index is 2.62. The number of hydrogen-bond donors (Lipinski definition) is 0. The van der Waals surface area contributed by atoms with Crippen molar-refractivity contribution in [2.45, 2.75) is 33.1 Å². The molecule has 0 bridgehead atoms. The molecule has 0 heterocycles. The second-order valence-corrected chi connectivity index (χ2v) is 3.03. The van der Waals surface area contributed by atoms with Crippen molar-refractivity contribution in [2.75, 3.05) is 0 Å². The lowest BCUT2D eigenvalue weighted by Crippen LogP contribution is -1.87. The van der Waals surface area contributed by atoms with Crippen LogP contribution in [0.4, 0.5) is 0 Å². The van der Waals surface area contributed by atoms with Crippen LogP contribution in [0, 0.1) is 6.92 Å². The Hall–Kier alpha value is -0.780. The summed E-state index contributed by atoms with van der Waals surface area (Å²) in [5.41, 5.74) is 2.94. The molecular weight excluding hydrogens is 132 g/mol. The molecule has 60 valence electrons. The molecule has 0 N–H and O–H groups in total. The van der Waals surface area contributed by atoms with Crippen molar-refractivity contribution in [1.82, 2.24) is 0 Å². The van der Waals surface area contributed by atoms with E-state index in [1.54, 1.807) is 0 Å². The summed E-state index contributed by atoms with van der Waals surface area (Å²) < 4.78 is 0. The smallest absolute Gasteiger partial charge is 0.0276 e. The maximum atomic E-state index is 2.23. The van der Waals surface area contributed by atoms with Gasteiger partial charge >= 0.3 is 0 Å². The molecule has 0 aliphatic heterocycles. The van der Waals surface area contributed by atoms with E-state index in [1.807, 2.05) is 0 Å². The fourth-order valence-electron chi connectivity index (χ4n) is 1.26. The molecule has 0 spiro atoms. The first-order chi connectivity index (χ1) is 5.34. The molecule has 0 saturated heterocycles. The minimum absolute atomic E-state index is 1.24. The first-order valence-electron chi connectivity index (χ1n) is 4.39. The molecule has 0 radical (unpaired) electrons. The lowest BCUT2D eigenvalue weighted by atomic mass is 10.0. The van der Waals surface area contributed by atoms with Crippen LogP contribution in [0.3, 0.4) is 0 Å². The molecule has 1 aromatic rings. The summed E-state index contributed by atoms with van der Waals surface area (Å²) in [7, 11) is 0. The highest BCUT2D eigenvalue weighted by molar-refractivity contribution is 5.25. The van der Waals surface area contributed by atoms with Crippen molar-refractivity contribution in [1.29, 1.82) is 0 Å². The lowest BCUT2D eigenvalue weighted by Gasteiger charge is -2.02. The number of hydrogen-bond acceptors (Lipinski definition) is 0. The molecule has 0 amide bonds. The number of unbranched alkanes of at least 4 members (excludes halogenated alkanes) is 1. The van der Waals surface area contributed by atoms with E-state index >= 15 is 0 Å². The molecule has 11 heavy (non-hydrogen) atoms. The normalized spacial score (nSPS) is 10.0. The van der Waals surface area contributed by atoms with Gasteiger partial charge in [0.1, 0.15) is 0 Å². The van der Waals surface area contributed by atoms with Crippen molar-refractivity contribution in [3.8, 4) is 0 Å². The average Bonchev–Trinajstić information content (AvgIpc) is 2.03. The van der Waals surface area contributed by atoms with Crippen LogP contribution < -0.4 is 0 Å². The van der Waals surface area contributed by atoms with Gasteiger partial charge in [0.05, 0.1) is 0 Å². The Morgan fingerprint density at radius 2 is 1.91 bits per heavy atom. The summed E-state index contributed by atoms with van der Waals surface area (Å²) in [6, 6.07) is 8.64. The van der Waals surface area contributed by atoms with Crippen LogP contribution in [-0.4, -0.2) is 0 Å². The Labute approximate surface area is 69.3 Å². The SMILES string of the molecule is CCCCc1ccccc1C. The highest BCUT2D eigenvalue weighted by atomic mass is 14.0. The van der Waals surface area contributed by atoms with Crippen molar-refractivity contribution in [3.05, 3.63) is 35.4 Å². The maximum absolute atomic E-state index is 2.23. The van der Waals surface area contributed by atoms with Gasteiger partial charge in [0.2, 0.25) is 0 Å². The zero-order valence-corrected chi connectivity index (χ0v) is 7.43. The van der Waals surface area contributed by atoms with Crippen LogP contribution in [0.15, 0.2) is 24.3 Å². The zero-order chi connectivity index (χ0) is 8.10. The minimum Gasteiger partial charge on any atom is -0.0654 e. The summed E-state index contributed by atoms with van der Waals surface area (Å²) in [5.74, 6) is 0. The average molecular weight is 148 g/mol. The summed E-state index contributed by atoms with van der Waals surface area (Å²) >= 11 is 0. The molecule has 0 atom stereocenters. The predicted octanol–water partition coefficient (Wildman–Crippen LogP) is 3.34. The Morgan fingerprint density at radius 3 is 2.55 bits per heavy atom. The maximum Gasteiger partial charge on any atom is -0.0276 e. The largest absolute Gasteiger partial charge is 0.0654 e. The van der Waals surface area contributed by atoms with Gasteiger partial charge in [-0.15, -0.1) is 0 Å². The van der Waals surface area contributed by atoms with E-state index in [1.165, 1.54) is 30.4 Å². The van der Waals surface area contributed by atoms with Gasteiger partial charge in [-0.2, -0.15) is 0 Å². The van der Waals surface area contributed by atoms with Gasteiger partial charge in [0, 0.05) is 0 Å². The molecule has 1 aromatic carbocycles. The van der Waals surface area contributed by atoms with E-state index in [-0.39, 0.29) is 0 Å². The van der Waals surface area contributed by atoms with E-state index in [0.717, 1.165) is 0 Å². The molecule has 1 rings (SSSR count). The van der Waals surface area contributed by atoms with Crippen LogP contribution in [0.5, 0.6) is 0 Å². The van der Waals surface area contributed by atoms with Crippen molar-refractivity contribution >= 4 is 0 Å². The fraction of sp³-hybridized carbons (Fsp3) is 0.455. The lowest BCUT2D eigenvalue weighted by molar-refractivity contribution is 0.791. The highest BCUT2D eigenvalue weighted by Crippen LogP contribution is 2.09. The van der Waals surface area contributed by atoms with E-state index < -0.39 is 0 Å². The third-order valence-electron chi connectivity index (χ3n) is 2.06. The Kier molecular flexibility index (Phi) is 3.15. The van der Waals surface area contributed by atoms with Crippen LogP contribution in [0.2, 0.25) is 0 Å². The minimum atomic E-state index is 1.24. The summed E-state index contributed by atoms with van der Waals surface area (Å²) in [5, 5.41) is 0. The summed E-state index contributed by atoms with van der Waals surface area (Å²) in [4.78, 5) is 0. The second kappa shape index (κ2) is 4.17. The van der Waals surface area contributed by atoms with Crippen molar-refractivity contribution in [2.24, 2.45) is 0 Å². The van der Waals surface area contributed by atoms with Crippen LogP contribution in [0.25, 0.3) is 0 Å². The van der Waals surface area contributed by atoms with Crippen LogP contribution in [0.1, 0.15) is 30.9 Å². The zero-order valence-electron chi connectivity index (χ0n) is 7.43. The van der Waals surface area contributed by atoms with Gasteiger partial charge in [-0.05, 0) is 30.9 Å². The molecule has 0 aromatic heterocycles. The molecule has 0 nitrogen and oxygen atoms in total. The molecule has 0 unspecified atom stereocenters. The van der Waals surface area contributed by atoms with Gasteiger partial charge in [0.15, 0.2) is 0 Å². The van der Waals surface area contributed by atoms with Gasteiger partial charge in [-0.1, -0.05) is 37.6 Å². The summed E-state index contributed by atoms with van der Waals surface area (Å²) in [6.07, 6.45) is 3.84. The van der Waals surface area contributed by atoms with Crippen LogP contribution in [-0.2, 0) is 6.42 Å². The quantitative estimate of drug-likeness (QED) is 0.616. The highest BCUT2D eigenvalue weighted by Gasteiger charge is 1.94. The fourth-order valence-corrected chi connectivity index (χ4v) is 1.26. The Morgan fingerprint density at radius 1 is 1.18 bits per heavy atom. The van der Waals surface area contributed by atoms with E-state index in [2.05, 4.69) is 38.1 Å². The first kappa shape index (κ1) is 8.32.